The van der Waals surface area contributed by atoms with Gasteiger partial charge in [0, 0.05) is 11.3 Å². The summed E-state index contributed by atoms with van der Waals surface area (Å²) in [6.07, 6.45) is 0.364. The van der Waals surface area contributed by atoms with E-state index in [-0.39, 0.29) is 17.0 Å². The smallest absolute Gasteiger partial charge is 0.165 e. The molecule has 0 heterocycles. The number of rotatable bonds is 5. The summed E-state index contributed by atoms with van der Waals surface area (Å²) >= 11 is 0. The molecule has 0 radical (unpaired) electrons. The van der Waals surface area contributed by atoms with Crippen molar-refractivity contribution >= 4 is 15.5 Å². The zero-order valence-corrected chi connectivity index (χ0v) is 12.6. The standard InChI is InChI=1S/C14H20FNO2S/c1-5-13(16)14(3,4)19(17,18)9-11-8-10(2)6-7-12(11)15/h6-8,16H,5,9H2,1-4H3. The molecule has 3 nitrogen and oxygen atoms in total. The van der Waals surface area contributed by atoms with E-state index in [1.165, 1.54) is 19.9 Å². The van der Waals surface area contributed by atoms with Crippen LogP contribution >= 0.6 is 0 Å². The number of nitrogens with one attached hydrogen (secondary N) is 1. The van der Waals surface area contributed by atoms with Crippen LogP contribution in [0, 0.1) is 18.2 Å². The third-order valence-corrected chi connectivity index (χ3v) is 5.90. The molecule has 1 rings (SSSR count). The first-order chi connectivity index (χ1) is 8.61. The van der Waals surface area contributed by atoms with Gasteiger partial charge in [0.15, 0.2) is 9.84 Å². The minimum absolute atomic E-state index is 0.139. The highest BCUT2D eigenvalue weighted by atomic mass is 32.2. The molecule has 0 amide bonds. The van der Waals surface area contributed by atoms with Gasteiger partial charge in [0.1, 0.15) is 10.6 Å². The molecule has 0 aromatic heterocycles. The summed E-state index contributed by atoms with van der Waals surface area (Å²) in [7, 11) is -3.63. The van der Waals surface area contributed by atoms with Crippen molar-refractivity contribution in [1.82, 2.24) is 0 Å². The maximum absolute atomic E-state index is 13.7. The Balaban J connectivity index is 3.17. The molecule has 0 saturated heterocycles. The number of halogens is 1. The van der Waals surface area contributed by atoms with Gasteiger partial charge in [0.05, 0.1) is 5.75 Å². The Labute approximate surface area is 114 Å². The van der Waals surface area contributed by atoms with Gasteiger partial charge in [-0.25, -0.2) is 12.8 Å². The van der Waals surface area contributed by atoms with E-state index in [9.17, 15) is 12.8 Å². The first-order valence-electron chi connectivity index (χ1n) is 6.17. The summed E-state index contributed by atoms with van der Waals surface area (Å²) < 4.78 is 37.1. The third kappa shape index (κ3) is 3.21. The fourth-order valence-corrected chi connectivity index (χ4v) is 3.32. The van der Waals surface area contributed by atoms with Crippen molar-refractivity contribution in [2.75, 3.05) is 0 Å². The van der Waals surface area contributed by atoms with Gasteiger partial charge in [-0.3, -0.25) is 0 Å². The highest BCUT2D eigenvalue weighted by molar-refractivity contribution is 7.92. The molecule has 0 aliphatic carbocycles. The molecule has 0 spiro atoms. The normalized spacial score (nSPS) is 12.5. The van der Waals surface area contributed by atoms with E-state index < -0.39 is 20.4 Å². The Morgan fingerprint density at radius 2 is 1.95 bits per heavy atom. The van der Waals surface area contributed by atoms with Crippen LogP contribution in [0.3, 0.4) is 0 Å². The molecule has 0 saturated carbocycles. The summed E-state index contributed by atoms with van der Waals surface area (Å²) in [5.74, 6) is -0.899. The van der Waals surface area contributed by atoms with Crippen molar-refractivity contribution in [2.45, 2.75) is 44.6 Å². The fraction of sp³-hybridized carbons (Fsp3) is 0.500. The Bertz CT molecular complexity index is 591. The van der Waals surface area contributed by atoms with Crippen molar-refractivity contribution in [3.8, 4) is 0 Å². The van der Waals surface area contributed by atoms with Gasteiger partial charge in [-0.15, -0.1) is 0 Å². The minimum Gasteiger partial charge on any atom is -0.308 e. The van der Waals surface area contributed by atoms with E-state index >= 15 is 0 Å². The van der Waals surface area contributed by atoms with E-state index in [2.05, 4.69) is 0 Å². The predicted molar refractivity (Wildman–Crippen MR) is 75.9 cm³/mol. The van der Waals surface area contributed by atoms with Crippen LogP contribution in [0.5, 0.6) is 0 Å². The monoisotopic (exact) mass is 285 g/mol. The summed E-state index contributed by atoms with van der Waals surface area (Å²) in [5, 5.41) is 7.78. The second-order valence-corrected chi connectivity index (χ2v) is 7.74. The zero-order chi connectivity index (χ0) is 14.8. The molecule has 1 aromatic carbocycles. The minimum atomic E-state index is -3.63. The highest BCUT2D eigenvalue weighted by Crippen LogP contribution is 2.25. The van der Waals surface area contributed by atoms with Crippen molar-refractivity contribution in [3.63, 3.8) is 0 Å². The second-order valence-electron chi connectivity index (χ2n) is 5.20. The molecule has 5 heteroatoms. The topological polar surface area (TPSA) is 58.0 Å². The average Bonchev–Trinajstić information content (AvgIpc) is 2.32. The van der Waals surface area contributed by atoms with Gasteiger partial charge in [-0.1, -0.05) is 24.6 Å². The zero-order valence-electron chi connectivity index (χ0n) is 11.7. The molecule has 0 fully saturated rings. The maximum atomic E-state index is 13.7. The Morgan fingerprint density at radius 1 is 1.37 bits per heavy atom. The predicted octanol–water partition coefficient (Wildman–Crippen LogP) is 3.26. The largest absolute Gasteiger partial charge is 0.308 e. The van der Waals surface area contributed by atoms with Crippen molar-refractivity contribution in [2.24, 2.45) is 0 Å². The first-order valence-corrected chi connectivity index (χ1v) is 7.82. The van der Waals surface area contributed by atoms with Gasteiger partial charge >= 0.3 is 0 Å². The van der Waals surface area contributed by atoms with Crippen LogP contribution in [0.25, 0.3) is 0 Å². The molecule has 19 heavy (non-hydrogen) atoms. The van der Waals surface area contributed by atoms with Gasteiger partial charge in [0.25, 0.3) is 0 Å². The van der Waals surface area contributed by atoms with E-state index in [0.29, 0.717) is 6.42 Å². The van der Waals surface area contributed by atoms with E-state index in [1.54, 1.807) is 26.0 Å². The second kappa shape index (κ2) is 5.41. The number of sulfone groups is 1. The van der Waals surface area contributed by atoms with Crippen LogP contribution in [0.2, 0.25) is 0 Å². The number of benzene rings is 1. The Kier molecular flexibility index (Phi) is 4.50. The fourth-order valence-electron chi connectivity index (χ4n) is 1.81. The van der Waals surface area contributed by atoms with Crippen molar-refractivity contribution in [3.05, 3.63) is 35.1 Å². The van der Waals surface area contributed by atoms with Gasteiger partial charge in [-0.2, -0.15) is 0 Å². The van der Waals surface area contributed by atoms with Crippen LogP contribution in [-0.4, -0.2) is 18.9 Å². The lowest BCUT2D eigenvalue weighted by Gasteiger charge is -2.25. The third-order valence-electron chi connectivity index (χ3n) is 3.40. The highest BCUT2D eigenvalue weighted by Gasteiger charge is 2.37. The van der Waals surface area contributed by atoms with E-state index in [4.69, 9.17) is 5.41 Å². The number of hydrogen-bond donors (Lipinski definition) is 1. The average molecular weight is 285 g/mol. The number of hydrogen-bond acceptors (Lipinski definition) is 3. The lowest BCUT2D eigenvalue weighted by atomic mass is 10.1. The molecule has 0 aliphatic rings. The summed E-state index contributed by atoms with van der Waals surface area (Å²) in [4.78, 5) is 0. The maximum Gasteiger partial charge on any atom is 0.165 e. The van der Waals surface area contributed by atoms with Crippen LogP contribution in [0.15, 0.2) is 18.2 Å². The van der Waals surface area contributed by atoms with Gasteiger partial charge in [0.2, 0.25) is 0 Å². The van der Waals surface area contributed by atoms with Gasteiger partial charge in [-0.05, 0) is 33.3 Å². The lowest BCUT2D eigenvalue weighted by Crippen LogP contribution is -2.40. The van der Waals surface area contributed by atoms with Gasteiger partial charge < -0.3 is 5.41 Å². The molecule has 0 bridgehead atoms. The summed E-state index contributed by atoms with van der Waals surface area (Å²) in [5.41, 5.74) is 1.12. The molecule has 1 aromatic rings. The molecule has 1 N–H and O–H groups in total. The van der Waals surface area contributed by atoms with Crippen molar-refractivity contribution < 1.29 is 12.8 Å². The number of aryl methyl sites for hydroxylation is 1. The van der Waals surface area contributed by atoms with Crippen LogP contribution in [-0.2, 0) is 15.6 Å². The molecule has 0 atom stereocenters. The Morgan fingerprint density at radius 3 is 2.47 bits per heavy atom. The first kappa shape index (κ1) is 15.8. The molecule has 0 unspecified atom stereocenters. The van der Waals surface area contributed by atoms with Crippen molar-refractivity contribution in [1.29, 1.82) is 5.41 Å². The van der Waals surface area contributed by atoms with E-state index in [0.717, 1.165) is 5.56 Å². The Hall–Kier alpha value is -1.23. The molecule has 106 valence electrons. The quantitative estimate of drug-likeness (QED) is 0.844. The van der Waals surface area contributed by atoms with Crippen LogP contribution in [0.4, 0.5) is 4.39 Å². The summed E-state index contributed by atoms with van der Waals surface area (Å²) in [6, 6.07) is 4.42. The molecular weight excluding hydrogens is 265 g/mol. The van der Waals surface area contributed by atoms with E-state index in [1.807, 2.05) is 0 Å². The SMILES string of the molecule is CCC(=N)C(C)(C)S(=O)(=O)Cc1cc(C)ccc1F. The van der Waals surface area contributed by atoms with Crippen LogP contribution in [0.1, 0.15) is 38.3 Å². The summed E-state index contributed by atoms with van der Waals surface area (Å²) in [6.45, 7) is 6.53. The lowest BCUT2D eigenvalue weighted by molar-refractivity contribution is 0.569. The van der Waals surface area contributed by atoms with Crippen LogP contribution < -0.4 is 0 Å². The molecular formula is C14H20FNO2S. The molecule has 0 aliphatic heterocycles.